The minimum absolute atomic E-state index is 0.403. The summed E-state index contributed by atoms with van der Waals surface area (Å²) in [6.45, 7) is 5.20. The lowest BCUT2D eigenvalue weighted by molar-refractivity contribution is 0.275. The lowest BCUT2D eigenvalue weighted by Crippen LogP contribution is -2.51. The third-order valence-corrected chi connectivity index (χ3v) is 3.61. The van der Waals surface area contributed by atoms with Gasteiger partial charge in [0.1, 0.15) is 0 Å². The van der Waals surface area contributed by atoms with Crippen LogP contribution in [0, 0.1) is 0 Å². The molecule has 2 aromatic rings. The Kier molecular flexibility index (Phi) is 3.00. The topological polar surface area (TPSA) is 74.7 Å². The fourth-order valence-corrected chi connectivity index (χ4v) is 2.63. The lowest BCUT2D eigenvalue weighted by Gasteiger charge is -2.39. The summed E-state index contributed by atoms with van der Waals surface area (Å²) in [6.07, 6.45) is 5.52. The molecule has 0 aromatic carbocycles. The fourth-order valence-electron chi connectivity index (χ4n) is 2.63. The molecule has 3 rings (SSSR count). The van der Waals surface area contributed by atoms with Gasteiger partial charge in [-0.1, -0.05) is 0 Å². The number of nitrogen functional groups attached to an aromatic ring is 1. The Bertz CT molecular complexity index is 578. The predicted octanol–water partition coefficient (Wildman–Crippen LogP) is 0.155. The van der Waals surface area contributed by atoms with Gasteiger partial charge in [-0.3, -0.25) is 0 Å². The van der Waals surface area contributed by atoms with Crippen molar-refractivity contribution in [2.75, 3.05) is 37.0 Å². The molecule has 1 aliphatic rings. The molecular formula is C12H19N7. The number of rotatable bonds is 2. The minimum atomic E-state index is 0.403. The van der Waals surface area contributed by atoms with Crippen LogP contribution in [0.25, 0.3) is 5.65 Å². The lowest BCUT2D eigenvalue weighted by atomic mass is 10.2. The molecule has 3 heterocycles. The number of nitrogens with zero attached hydrogens (tertiary/aromatic N) is 5. The molecule has 7 heteroatoms. The van der Waals surface area contributed by atoms with E-state index in [0.29, 0.717) is 11.9 Å². The first-order valence-corrected chi connectivity index (χ1v) is 6.44. The summed E-state index contributed by atoms with van der Waals surface area (Å²) >= 11 is 0. The fraction of sp³-hybridized carbons (Fsp3) is 0.500. The van der Waals surface area contributed by atoms with Crippen molar-refractivity contribution in [3.05, 3.63) is 18.6 Å². The van der Waals surface area contributed by atoms with E-state index in [1.165, 1.54) is 0 Å². The van der Waals surface area contributed by atoms with Crippen molar-refractivity contribution in [2.45, 2.75) is 13.0 Å². The molecule has 0 bridgehead atoms. The summed E-state index contributed by atoms with van der Waals surface area (Å²) in [5, 5.41) is 0. The van der Waals surface area contributed by atoms with E-state index >= 15 is 0 Å². The zero-order chi connectivity index (χ0) is 13.4. The number of hydrogen-bond donors (Lipinski definition) is 2. The van der Waals surface area contributed by atoms with Crippen LogP contribution in [0.1, 0.15) is 6.92 Å². The summed E-state index contributed by atoms with van der Waals surface area (Å²) in [7, 11) is 2.14. The van der Waals surface area contributed by atoms with Gasteiger partial charge in [0.25, 0.3) is 0 Å². The molecule has 1 fully saturated rings. The van der Waals surface area contributed by atoms with E-state index in [-0.39, 0.29) is 0 Å². The van der Waals surface area contributed by atoms with Crippen LogP contribution in [0.4, 0.5) is 11.6 Å². The Hall–Kier alpha value is -1.86. The first-order valence-electron chi connectivity index (χ1n) is 6.44. The van der Waals surface area contributed by atoms with Crippen molar-refractivity contribution in [1.29, 1.82) is 0 Å². The van der Waals surface area contributed by atoms with E-state index < -0.39 is 0 Å². The van der Waals surface area contributed by atoms with Crippen molar-refractivity contribution in [3.63, 3.8) is 0 Å². The number of anilines is 2. The van der Waals surface area contributed by atoms with E-state index in [9.17, 15) is 0 Å². The number of likely N-dealkylation sites (N-methyl/N-ethyl adjacent to an activating group) is 1. The molecule has 1 atom stereocenters. The molecule has 0 saturated carbocycles. The highest BCUT2D eigenvalue weighted by Gasteiger charge is 2.25. The van der Waals surface area contributed by atoms with Crippen molar-refractivity contribution in [3.8, 4) is 0 Å². The van der Waals surface area contributed by atoms with Crippen LogP contribution in [0.3, 0.4) is 0 Å². The Morgan fingerprint density at radius 1 is 1.42 bits per heavy atom. The largest absolute Gasteiger partial charge is 0.348 e. The van der Waals surface area contributed by atoms with Gasteiger partial charge >= 0.3 is 0 Å². The van der Waals surface area contributed by atoms with Gasteiger partial charge in [-0.15, -0.1) is 0 Å². The quantitative estimate of drug-likeness (QED) is 0.592. The zero-order valence-electron chi connectivity index (χ0n) is 11.2. The zero-order valence-corrected chi connectivity index (χ0v) is 11.2. The number of aromatic nitrogens is 3. The number of nitrogens with two attached hydrogens (primary N) is 1. The van der Waals surface area contributed by atoms with Crippen LogP contribution in [0.5, 0.6) is 0 Å². The first-order chi connectivity index (χ1) is 9.19. The number of nitrogens with one attached hydrogen (secondary N) is 1. The van der Waals surface area contributed by atoms with E-state index in [2.05, 4.69) is 39.2 Å². The maximum Gasteiger partial charge on any atom is 0.180 e. The molecule has 1 unspecified atom stereocenters. The van der Waals surface area contributed by atoms with Gasteiger partial charge in [-0.05, 0) is 14.0 Å². The van der Waals surface area contributed by atoms with Crippen LogP contribution in [0.15, 0.2) is 18.6 Å². The van der Waals surface area contributed by atoms with Gasteiger partial charge in [0, 0.05) is 38.1 Å². The second-order valence-electron chi connectivity index (χ2n) is 5.06. The molecule has 1 saturated heterocycles. The maximum atomic E-state index is 5.49. The monoisotopic (exact) mass is 261 g/mol. The summed E-state index contributed by atoms with van der Waals surface area (Å²) < 4.78 is 1.95. The van der Waals surface area contributed by atoms with Crippen molar-refractivity contribution >= 4 is 17.3 Å². The van der Waals surface area contributed by atoms with Crippen LogP contribution in [-0.2, 0) is 0 Å². The van der Waals surface area contributed by atoms with Crippen molar-refractivity contribution in [2.24, 2.45) is 5.84 Å². The number of piperazine rings is 1. The Morgan fingerprint density at radius 3 is 3.00 bits per heavy atom. The molecule has 2 aromatic heterocycles. The predicted molar refractivity (Wildman–Crippen MR) is 75.1 cm³/mol. The smallest absolute Gasteiger partial charge is 0.180 e. The normalized spacial score (nSPS) is 21.0. The molecule has 0 spiro atoms. The summed E-state index contributed by atoms with van der Waals surface area (Å²) in [5.74, 6) is 7.03. The van der Waals surface area contributed by atoms with Gasteiger partial charge in [0.15, 0.2) is 17.3 Å². The third kappa shape index (κ3) is 2.11. The second kappa shape index (κ2) is 4.67. The molecule has 7 nitrogen and oxygen atoms in total. The molecule has 0 aliphatic carbocycles. The SMILES string of the molecule is CC1CN(C)CCN1c1nc(NN)cn2ccnc12. The van der Waals surface area contributed by atoms with E-state index in [1.807, 2.05) is 16.8 Å². The van der Waals surface area contributed by atoms with E-state index in [4.69, 9.17) is 5.84 Å². The first kappa shape index (κ1) is 12.2. The van der Waals surface area contributed by atoms with Gasteiger partial charge in [-0.2, -0.15) is 0 Å². The molecule has 19 heavy (non-hydrogen) atoms. The molecule has 0 radical (unpaired) electrons. The summed E-state index contributed by atoms with van der Waals surface area (Å²) in [6, 6.07) is 0.403. The highest BCUT2D eigenvalue weighted by atomic mass is 15.3. The van der Waals surface area contributed by atoms with Gasteiger partial charge < -0.3 is 19.6 Å². The standard InChI is InChI=1S/C12H19N7/c1-9-7-17(2)5-6-19(9)12-11-14-3-4-18(11)8-10(15-12)16-13/h3-4,8-9,16H,5-7,13H2,1-2H3. The van der Waals surface area contributed by atoms with Gasteiger partial charge in [0.05, 0.1) is 6.20 Å². The number of imidazole rings is 1. The average Bonchev–Trinajstić information content (AvgIpc) is 2.86. The molecular weight excluding hydrogens is 242 g/mol. The number of fused-ring (bicyclic) bond motifs is 1. The maximum absolute atomic E-state index is 5.49. The Morgan fingerprint density at radius 2 is 2.26 bits per heavy atom. The highest BCUT2D eigenvalue weighted by molar-refractivity contribution is 5.67. The van der Waals surface area contributed by atoms with Gasteiger partial charge in [-0.25, -0.2) is 15.8 Å². The van der Waals surface area contributed by atoms with Crippen LogP contribution in [0.2, 0.25) is 0 Å². The average molecular weight is 261 g/mol. The third-order valence-electron chi connectivity index (χ3n) is 3.61. The van der Waals surface area contributed by atoms with E-state index in [1.54, 1.807) is 6.20 Å². The molecule has 0 amide bonds. The Labute approximate surface area is 112 Å². The van der Waals surface area contributed by atoms with Crippen LogP contribution >= 0.6 is 0 Å². The summed E-state index contributed by atoms with van der Waals surface area (Å²) in [5.41, 5.74) is 3.49. The molecule has 3 N–H and O–H groups in total. The molecule has 1 aliphatic heterocycles. The van der Waals surface area contributed by atoms with Crippen molar-refractivity contribution < 1.29 is 0 Å². The highest BCUT2D eigenvalue weighted by Crippen LogP contribution is 2.24. The minimum Gasteiger partial charge on any atom is -0.348 e. The summed E-state index contributed by atoms with van der Waals surface area (Å²) in [4.78, 5) is 13.6. The van der Waals surface area contributed by atoms with E-state index in [0.717, 1.165) is 31.1 Å². The number of hydrogen-bond acceptors (Lipinski definition) is 6. The number of hydrazine groups is 1. The van der Waals surface area contributed by atoms with Gasteiger partial charge in [0.2, 0.25) is 0 Å². The molecule has 102 valence electrons. The Balaban J connectivity index is 2.05. The van der Waals surface area contributed by atoms with Crippen molar-refractivity contribution in [1.82, 2.24) is 19.3 Å². The van der Waals surface area contributed by atoms with Crippen LogP contribution < -0.4 is 16.2 Å². The second-order valence-corrected chi connectivity index (χ2v) is 5.06. The van der Waals surface area contributed by atoms with Crippen LogP contribution in [-0.4, -0.2) is 52.0 Å².